The van der Waals surface area contributed by atoms with Gasteiger partial charge in [-0.25, -0.2) is 0 Å². The summed E-state index contributed by atoms with van der Waals surface area (Å²) in [5.74, 6) is 0.0383. The lowest BCUT2D eigenvalue weighted by Gasteiger charge is -2.29. The smallest absolute Gasteiger partial charge is 0.237 e. The highest BCUT2D eigenvalue weighted by Crippen LogP contribution is 2.14. The molecule has 1 atom stereocenters. The molecule has 0 aromatic heterocycles. The number of hydrogen-bond acceptors (Lipinski definition) is 4. The van der Waals surface area contributed by atoms with Crippen molar-refractivity contribution >= 4 is 5.91 Å². The molecule has 1 amide bonds. The Hall–Kier alpha value is -1.43. The van der Waals surface area contributed by atoms with Gasteiger partial charge in [-0.15, -0.1) is 0 Å². The van der Waals surface area contributed by atoms with Crippen molar-refractivity contribution in [1.82, 2.24) is 10.2 Å². The van der Waals surface area contributed by atoms with Crippen LogP contribution < -0.4 is 11.1 Å². The fourth-order valence-electron chi connectivity index (χ4n) is 2.71. The zero-order valence-corrected chi connectivity index (χ0v) is 14.2. The first kappa shape index (κ1) is 17.9. The first-order valence-corrected chi connectivity index (χ1v) is 8.47. The number of benzene rings is 1. The lowest BCUT2D eigenvalue weighted by Crippen LogP contribution is -2.43. The Labute approximate surface area is 138 Å². The lowest BCUT2D eigenvalue weighted by atomic mass is 10.0. The van der Waals surface area contributed by atoms with Crippen molar-refractivity contribution in [2.24, 2.45) is 11.7 Å². The number of rotatable bonds is 6. The van der Waals surface area contributed by atoms with Crippen LogP contribution >= 0.6 is 0 Å². The molecule has 0 spiro atoms. The van der Waals surface area contributed by atoms with E-state index >= 15 is 0 Å². The summed E-state index contributed by atoms with van der Waals surface area (Å²) in [4.78, 5) is 14.2. The molecule has 128 valence electrons. The molecule has 0 saturated carbocycles. The minimum Gasteiger partial charge on any atom is -0.393 e. The Morgan fingerprint density at radius 2 is 1.83 bits per heavy atom. The Morgan fingerprint density at radius 1 is 1.26 bits per heavy atom. The Bertz CT molecular complexity index is 493. The number of aliphatic hydroxyl groups excluding tert-OH is 1. The maximum Gasteiger partial charge on any atom is 0.237 e. The van der Waals surface area contributed by atoms with E-state index in [1.54, 1.807) is 0 Å². The van der Waals surface area contributed by atoms with Gasteiger partial charge in [-0.2, -0.15) is 0 Å². The quantitative estimate of drug-likeness (QED) is 0.737. The standard InChI is InChI=1S/C18H29N3O2/c1-13(2)17(19)18(23)20-11-14-3-5-15(6-4-14)12-21-9-7-16(22)8-10-21/h3-6,13,16-17,22H,7-12,19H2,1-2H3,(H,20,23)/t17-/m0/s1. The molecule has 1 aromatic rings. The number of amides is 1. The third-order valence-corrected chi connectivity index (χ3v) is 4.47. The molecular formula is C18H29N3O2. The molecule has 1 heterocycles. The van der Waals surface area contributed by atoms with Crippen molar-refractivity contribution in [2.45, 2.75) is 51.9 Å². The zero-order valence-electron chi connectivity index (χ0n) is 14.2. The Morgan fingerprint density at radius 3 is 2.39 bits per heavy atom. The molecule has 1 aliphatic rings. The number of likely N-dealkylation sites (tertiary alicyclic amines) is 1. The first-order chi connectivity index (χ1) is 11.0. The van der Waals surface area contributed by atoms with Crippen LogP contribution in [0.5, 0.6) is 0 Å². The topological polar surface area (TPSA) is 78.6 Å². The second-order valence-corrected chi connectivity index (χ2v) is 6.81. The molecule has 0 bridgehead atoms. The molecule has 5 nitrogen and oxygen atoms in total. The predicted molar refractivity (Wildman–Crippen MR) is 91.6 cm³/mol. The maximum atomic E-state index is 11.9. The van der Waals surface area contributed by atoms with Gasteiger partial charge >= 0.3 is 0 Å². The van der Waals surface area contributed by atoms with Crippen LogP contribution in [0.15, 0.2) is 24.3 Å². The van der Waals surface area contributed by atoms with E-state index in [0.717, 1.165) is 38.0 Å². The van der Waals surface area contributed by atoms with E-state index in [1.807, 2.05) is 13.8 Å². The zero-order chi connectivity index (χ0) is 16.8. The number of aliphatic hydroxyl groups is 1. The molecule has 23 heavy (non-hydrogen) atoms. The lowest BCUT2D eigenvalue weighted by molar-refractivity contribution is -0.123. The highest BCUT2D eigenvalue weighted by Gasteiger charge is 2.17. The van der Waals surface area contributed by atoms with Crippen molar-refractivity contribution in [3.8, 4) is 0 Å². The van der Waals surface area contributed by atoms with Gasteiger partial charge in [0.2, 0.25) is 5.91 Å². The van der Waals surface area contributed by atoms with Gasteiger partial charge in [-0.3, -0.25) is 9.69 Å². The number of carbonyl (C=O) groups excluding carboxylic acids is 1. The van der Waals surface area contributed by atoms with Gasteiger partial charge in [-0.05, 0) is 29.9 Å². The van der Waals surface area contributed by atoms with E-state index in [2.05, 4.69) is 34.5 Å². The first-order valence-electron chi connectivity index (χ1n) is 8.47. The van der Waals surface area contributed by atoms with E-state index in [1.165, 1.54) is 5.56 Å². The largest absolute Gasteiger partial charge is 0.393 e. The molecule has 5 heteroatoms. The van der Waals surface area contributed by atoms with Crippen LogP contribution in [-0.4, -0.2) is 41.1 Å². The average molecular weight is 319 g/mol. The monoisotopic (exact) mass is 319 g/mol. The van der Waals surface area contributed by atoms with Gasteiger partial charge in [0.1, 0.15) is 0 Å². The number of nitrogens with two attached hydrogens (primary N) is 1. The van der Waals surface area contributed by atoms with Crippen molar-refractivity contribution in [3.05, 3.63) is 35.4 Å². The summed E-state index contributed by atoms with van der Waals surface area (Å²) in [6.45, 7) is 7.21. The van der Waals surface area contributed by atoms with Crippen LogP contribution in [-0.2, 0) is 17.9 Å². The average Bonchev–Trinajstić information content (AvgIpc) is 2.55. The molecule has 0 unspecified atom stereocenters. The number of nitrogens with zero attached hydrogens (tertiary/aromatic N) is 1. The van der Waals surface area contributed by atoms with E-state index < -0.39 is 6.04 Å². The van der Waals surface area contributed by atoms with Crippen LogP contribution in [0.4, 0.5) is 0 Å². The molecule has 1 fully saturated rings. The second kappa shape index (κ2) is 8.43. The predicted octanol–water partition coefficient (Wildman–Crippen LogP) is 1.24. The molecular weight excluding hydrogens is 290 g/mol. The number of piperidine rings is 1. The van der Waals surface area contributed by atoms with Crippen LogP contribution in [0, 0.1) is 5.92 Å². The van der Waals surface area contributed by atoms with Gasteiger partial charge in [0, 0.05) is 26.2 Å². The Balaban J connectivity index is 1.79. The summed E-state index contributed by atoms with van der Waals surface area (Å²) >= 11 is 0. The molecule has 0 aliphatic carbocycles. The number of carbonyl (C=O) groups is 1. The molecule has 2 rings (SSSR count). The van der Waals surface area contributed by atoms with Crippen molar-refractivity contribution in [1.29, 1.82) is 0 Å². The van der Waals surface area contributed by atoms with E-state index in [4.69, 9.17) is 5.73 Å². The molecule has 0 radical (unpaired) electrons. The van der Waals surface area contributed by atoms with Crippen molar-refractivity contribution in [2.75, 3.05) is 13.1 Å². The molecule has 1 saturated heterocycles. The maximum absolute atomic E-state index is 11.9. The fraction of sp³-hybridized carbons (Fsp3) is 0.611. The molecule has 4 N–H and O–H groups in total. The summed E-state index contributed by atoms with van der Waals surface area (Å²) in [6, 6.07) is 7.86. The summed E-state index contributed by atoms with van der Waals surface area (Å²) < 4.78 is 0. The van der Waals surface area contributed by atoms with Crippen LogP contribution in [0.25, 0.3) is 0 Å². The van der Waals surface area contributed by atoms with Gasteiger partial charge < -0.3 is 16.2 Å². The minimum absolute atomic E-state index is 0.101. The summed E-state index contributed by atoms with van der Waals surface area (Å²) in [5, 5.41) is 12.4. The van der Waals surface area contributed by atoms with Crippen LogP contribution in [0.1, 0.15) is 37.8 Å². The number of hydrogen-bond donors (Lipinski definition) is 3. The SMILES string of the molecule is CC(C)[C@H](N)C(=O)NCc1ccc(CN2CCC(O)CC2)cc1. The molecule has 1 aliphatic heterocycles. The highest BCUT2D eigenvalue weighted by atomic mass is 16.3. The van der Waals surface area contributed by atoms with Crippen LogP contribution in [0.3, 0.4) is 0 Å². The summed E-state index contributed by atoms with van der Waals surface area (Å²) in [6.07, 6.45) is 1.59. The van der Waals surface area contributed by atoms with E-state index in [-0.39, 0.29) is 17.9 Å². The Kier molecular flexibility index (Phi) is 6.57. The summed E-state index contributed by atoms with van der Waals surface area (Å²) in [7, 11) is 0. The minimum atomic E-state index is -0.455. The van der Waals surface area contributed by atoms with Gasteiger partial charge in [-0.1, -0.05) is 38.1 Å². The number of nitrogens with one attached hydrogen (secondary N) is 1. The third kappa shape index (κ3) is 5.61. The molecule has 1 aromatic carbocycles. The second-order valence-electron chi connectivity index (χ2n) is 6.81. The van der Waals surface area contributed by atoms with E-state index in [9.17, 15) is 9.90 Å². The summed E-state index contributed by atoms with van der Waals surface area (Å²) in [5.41, 5.74) is 8.16. The van der Waals surface area contributed by atoms with Crippen molar-refractivity contribution < 1.29 is 9.90 Å². The van der Waals surface area contributed by atoms with Gasteiger partial charge in [0.05, 0.1) is 12.1 Å². The highest BCUT2D eigenvalue weighted by molar-refractivity contribution is 5.81. The van der Waals surface area contributed by atoms with Crippen LogP contribution in [0.2, 0.25) is 0 Å². The third-order valence-electron chi connectivity index (χ3n) is 4.47. The van der Waals surface area contributed by atoms with E-state index in [0.29, 0.717) is 6.54 Å². The fourth-order valence-corrected chi connectivity index (χ4v) is 2.71. The van der Waals surface area contributed by atoms with Gasteiger partial charge in [0.25, 0.3) is 0 Å². The normalized spacial score (nSPS) is 18.1. The van der Waals surface area contributed by atoms with Gasteiger partial charge in [0.15, 0.2) is 0 Å². The van der Waals surface area contributed by atoms with Crippen molar-refractivity contribution in [3.63, 3.8) is 0 Å².